The summed E-state index contributed by atoms with van der Waals surface area (Å²) in [6, 6.07) is 0.321. The van der Waals surface area contributed by atoms with Crippen LogP contribution in [-0.4, -0.2) is 61.4 Å². The molecule has 2 aliphatic rings. The first-order valence-corrected chi connectivity index (χ1v) is 6.65. The molecule has 1 N–H and O–H groups in total. The fourth-order valence-corrected chi connectivity index (χ4v) is 2.90. The van der Waals surface area contributed by atoms with E-state index in [0.29, 0.717) is 19.0 Å². The van der Waals surface area contributed by atoms with Crippen molar-refractivity contribution in [2.45, 2.75) is 32.2 Å². The van der Waals surface area contributed by atoms with E-state index in [0.717, 1.165) is 25.9 Å². The number of rotatable bonds is 2. The predicted molar refractivity (Wildman–Crippen MR) is 69.0 cm³/mol. The van der Waals surface area contributed by atoms with Crippen LogP contribution >= 0.6 is 0 Å². The number of nitrogens with one attached hydrogen (secondary N) is 1. The van der Waals surface area contributed by atoms with Gasteiger partial charge in [0.1, 0.15) is 0 Å². The SMILES string of the molecule is CN1CCC(N(C)C(=O)C2(C)CNC(=O)C2)CC1. The van der Waals surface area contributed by atoms with Crippen molar-refractivity contribution in [1.82, 2.24) is 15.1 Å². The van der Waals surface area contributed by atoms with E-state index in [2.05, 4.69) is 17.3 Å². The summed E-state index contributed by atoms with van der Waals surface area (Å²) in [6.07, 6.45) is 2.37. The van der Waals surface area contributed by atoms with Crippen molar-refractivity contribution in [2.75, 3.05) is 33.7 Å². The molecule has 0 aromatic heterocycles. The smallest absolute Gasteiger partial charge is 0.230 e. The first kappa shape index (κ1) is 13.3. The summed E-state index contributed by atoms with van der Waals surface area (Å²) < 4.78 is 0. The Kier molecular flexibility index (Phi) is 3.61. The van der Waals surface area contributed by atoms with Gasteiger partial charge in [-0.3, -0.25) is 9.59 Å². The van der Waals surface area contributed by atoms with Gasteiger partial charge >= 0.3 is 0 Å². The zero-order chi connectivity index (χ0) is 13.3. The Labute approximate surface area is 108 Å². The van der Waals surface area contributed by atoms with Gasteiger partial charge in [0.2, 0.25) is 11.8 Å². The fraction of sp³-hybridized carbons (Fsp3) is 0.846. The van der Waals surface area contributed by atoms with Crippen LogP contribution in [0.4, 0.5) is 0 Å². The van der Waals surface area contributed by atoms with Crippen LogP contribution in [0.5, 0.6) is 0 Å². The maximum Gasteiger partial charge on any atom is 0.230 e. The standard InChI is InChI=1S/C13H23N3O2/c1-13(8-11(17)14-9-13)12(18)16(3)10-4-6-15(2)7-5-10/h10H,4-9H2,1-3H3,(H,14,17). The Morgan fingerprint density at radius 3 is 2.56 bits per heavy atom. The third-order valence-electron chi connectivity index (χ3n) is 4.30. The van der Waals surface area contributed by atoms with Gasteiger partial charge in [-0.25, -0.2) is 0 Å². The van der Waals surface area contributed by atoms with Crippen molar-refractivity contribution in [3.8, 4) is 0 Å². The fourth-order valence-electron chi connectivity index (χ4n) is 2.90. The largest absolute Gasteiger partial charge is 0.355 e. The number of piperidine rings is 1. The first-order chi connectivity index (χ1) is 8.42. The highest BCUT2D eigenvalue weighted by Gasteiger charge is 2.43. The Morgan fingerprint density at radius 2 is 2.06 bits per heavy atom. The van der Waals surface area contributed by atoms with E-state index in [1.807, 2.05) is 18.9 Å². The second kappa shape index (κ2) is 4.88. The summed E-state index contributed by atoms with van der Waals surface area (Å²) in [5.41, 5.74) is -0.546. The minimum atomic E-state index is -0.546. The highest BCUT2D eigenvalue weighted by Crippen LogP contribution is 2.29. The second-order valence-corrected chi connectivity index (χ2v) is 5.96. The molecule has 5 heteroatoms. The molecular weight excluding hydrogens is 230 g/mol. The molecule has 1 unspecified atom stereocenters. The van der Waals surface area contributed by atoms with Gasteiger partial charge in [-0.05, 0) is 39.9 Å². The van der Waals surface area contributed by atoms with E-state index < -0.39 is 5.41 Å². The van der Waals surface area contributed by atoms with Gasteiger partial charge in [-0.2, -0.15) is 0 Å². The molecule has 0 bridgehead atoms. The zero-order valence-corrected chi connectivity index (χ0v) is 11.5. The van der Waals surface area contributed by atoms with E-state index in [1.54, 1.807) is 0 Å². The van der Waals surface area contributed by atoms with Gasteiger partial charge in [0.15, 0.2) is 0 Å². The lowest BCUT2D eigenvalue weighted by Gasteiger charge is -2.38. The topological polar surface area (TPSA) is 52.6 Å². The van der Waals surface area contributed by atoms with Gasteiger partial charge in [0.05, 0.1) is 5.41 Å². The van der Waals surface area contributed by atoms with Gasteiger partial charge in [-0.1, -0.05) is 0 Å². The van der Waals surface area contributed by atoms with Crippen LogP contribution in [0.1, 0.15) is 26.2 Å². The van der Waals surface area contributed by atoms with Crippen LogP contribution < -0.4 is 5.32 Å². The van der Waals surface area contributed by atoms with Crippen molar-refractivity contribution in [2.24, 2.45) is 5.41 Å². The molecule has 0 spiro atoms. The normalized spacial score (nSPS) is 30.3. The molecule has 1 atom stereocenters. The third-order valence-corrected chi connectivity index (χ3v) is 4.30. The molecule has 0 radical (unpaired) electrons. The van der Waals surface area contributed by atoms with E-state index in [4.69, 9.17) is 0 Å². The second-order valence-electron chi connectivity index (χ2n) is 5.96. The lowest BCUT2D eigenvalue weighted by Crippen LogP contribution is -2.49. The van der Waals surface area contributed by atoms with Crippen molar-refractivity contribution >= 4 is 11.8 Å². The van der Waals surface area contributed by atoms with Crippen LogP contribution in [0.2, 0.25) is 0 Å². The van der Waals surface area contributed by atoms with E-state index in [1.165, 1.54) is 0 Å². The third kappa shape index (κ3) is 2.51. The highest BCUT2D eigenvalue weighted by molar-refractivity contribution is 5.92. The number of carbonyl (C=O) groups is 2. The molecule has 0 saturated carbocycles. The molecular formula is C13H23N3O2. The van der Waals surface area contributed by atoms with E-state index in [9.17, 15) is 9.59 Å². The van der Waals surface area contributed by atoms with Gasteiger partial charge in [-0.15, -0.1) is 0 Å². The number of nitrogens with zero attached hydrogens (tertiary/aromatic N) is 2. The molecule has 2 heterocycles. The maximum absolute atomic E-state index is 12.5. The summed E-state index contributed by atoms with van der Waals surface area (Å²) in [5.74, 6) is 0.0954. The van der Waals surface area contributed by atoms with Crippen LogP contribution in [0.25, 0.3) is 0 Å². The summed E-state index contributed by atoms with van der Waals surface area (Å²) in [7, 11) is 3.99. The average Bonchev–Trinajstić information content (AvgIpc) is 2.70. The molecule has 0 aliphatic carbocycles. The van der Waals surface area contributed by atoms with Crippen LogP contribution in [-0.2, 0) is 9.59 Å². The predicted octanol–water partition coefficient (Wildman–Crippen LogP) is 0.0652. The molecule has 2 fully saturated rings. The van der Waals surface area contributed by atoms with Crippen molar-refractivity contribution in [3.05, 3.63) is 0 Å². The molecule has 2 rings (SSSR count). The van der Waals surface area contributed by atoms with E-state index >= 15 is 0 Å². The molecule has 0 aromatic rings. The number of carbonyl (C=O) groups excluding carboxylic acids is 2. The summed E-state index contributed by atoms with van der Waals surface area (Å²) >= 11 is 0. The summed E-state index contributed by atoms with van der Waals surface area (Å²) in [6.45, 7) is 4.44. The number of amides is 2. The lowest BCUT2D eigenvalue weighted by molar-refractivity contribution is -0.142. The minimum absolute atomic E-state index is 0.0115. The summed E-state index contributed by atoms with van der Waals surface area (Å²) in [5, 5.41) is 2.76. The molecule has 0 aromatic carbocycles. The van der Waals surface area contributed by atoms with Crippen LogP contribution in [0.3, 0.4) is 0 Å². The monoisotopic (exact) mass is 253 g/mol. The Bertz CT molecular complexity index is 350. The lowest BCUT2D eigenvalue weighted by atomic mass is 9.87. The Morgan fingerprint density at radius 1 is 1.44 bits per heavy atom. The quantitative estimate of drug-likeness (QED) is 0.757. The Hall–Kier alpha value is -1.10. The van der Waals surface area contributed by atoms with Crippen LogP contribution in [0, 0.1) is 5.41 Å². The number of hydrogen-bond donors (Lipinski definition) is 1. The molecule has 2 amide bonds. The van der Waals surface area contributed by atoms with Crippen molar-refractivity contribution in [1.29, 1.82) is 0 Å². The van der Waals surface area contributed by atoms with E-state index in [-0.39, 0.29) is 11.8 Å². The molecule has 102 valence electrons. The first-order valence-electron chi connectivity index (χ1n) is 6.65. The highest BCUT2D eigenvalue weighted by atomic mass is 16.2. The molecule has 2 aliphatic heterocycles. The van der Waals surface area contributed by atoms with Gasteiger partial charge < -0.3 is 15.1 Å². The Balaban J connectivity index is 1.98. The number of hydrogen-bond acceptors (Lipinski definition) is 3. The maximum atomic E-state index is 12.5. The van der Waals surface area contributed by atoms with Crippen LogP contribution in [0.15, 0.2) is 0 Å². The van der Waals surface area contributed by atoms with Gasteiger partial charge in [0, 0.05) is 26.1 Å². The zero-order valence-electron chi connectivity index (χ0n) is 11.5. The molecule has 18 heavy (non-hydrogen) atoms. The average molecular weight is 253 g/mol. The molecule has 5 nitrogen and oxygen atoms in total. The summed E-state index contributed by atoms with van der Waals surface area (Å²) in [4.78, 5) is 28.0. The van der Waals surface area contributed by atoms with Crippen molar-refractivity contribution < 1.29 is 9.59 Å². The molecule has 2 saturated heterocycles. The number of likely N-dealkylation sites (tertiary alicyclic amines) is 1. The van der Waals surface area contributed by atoms with Gasteiger partial charge in [0.25, 0.3) is 0 Å². The minimum Gasteiger partial charge on any atom is -0.355 e. The van der Waals surface area contributed by atoms with Crippen molar-refractivity contribution in [3.63, 3.8) is 0 Å².